The predicted octanol–water partition coefficient (Wildman–Crippen LogP) is 1.96. The van der Waals surface area contributed by atoms with Crippen LogP contribution in [0.25, 0.3) is 0 Å². The molecule has 116 valence electrons. The van der Waals surface area contributed by atoms with E-state index < -0.39 is 10.0 Å². The highest BCUT2D eigenvalue weighted by Crippen LogP contribution is 2.46. The highest BCUT2D eigenvalue weighted by molar-refractivity contribution is 7.89. The van der Waals surface area contributed by atoms with Crippen molar-refractivity contribution in [1.82, 2.24) is 4.31 Å². The molecule has 2 aliphatic rings. The van der Waals surface area contributed by atoms with Gasteiger partial charge in [0.1, 0.15) is 0 Å². The number of aryl methyl sites for hydroxylation is 2. The molecule has 0 aliphatic heterocycles. The molecule has 0 spiro atoms. The summed E-state index contributed by atoms with van der Waals surface area (Å²) in [6, 6.07) is 5.54. The topological polar surface area (TPSA) is 57.6 Å². The molecule has 0 aromatic heterocycles. The van der Waals surface area contributed by atoms with Crippen LogP contribution in [0.2, 0.25) is 0 Å². The zero-order chi connectivity index (χ0) is 15.1. The Bertz CT molecular complexity index is 635. The van der Waals surface area contributed by atoms with Crippen LogP contribution in [0, 0.1) is 5.41 Å². The Labute approximate surface area is 126 Å². The minimum atomic E-state index is -3.45. The van der Waals surface area contributed by atoms with Gasteiger partial charge in [-0.3, -0.25) is 0 Å². The first-order valence-electron chi connectivity index (χ1n) is 7.66. The fourth-order valence-electron chi connectivity index (χ4n) is 3.15. The van der Waals surface area contributed by atoms with Crippen molar-refractivity contribution < 1.29 is 13.5 Å². The number of sulfonamides is 1. The maximum absolute atomic E-state index is 12.7. The van der Waals surface area contributed by atoms with Crippen LogP contribution in [0.4, 0.5) is 0 Å². The molecule has 1 N–H and O–H groups in total. The number of hydrogen-bond donors (Lipinski definition) is 1. The Morgan fingerprint density at radius 3 is 2.48 bits per heavy atom. The molecule has 21 heavy (non-hydrogen) atoms. The van der Waals surface area contributed by atoms with Crippen molar-refractivity contribution in [1.29, 1.82) is 0 Å². The van der Waals surface area contributed by atoms with E-state index >= 15 is 0 Å². The molecule has 0 heterocycles. The van der Waals surface area contributed by atoms with E-state index in [4.69, 9.17) is 0 Å². The number of aliphatic hydroxyl groups is 1. The van der Waals surface area contributed by atoms with E-state index in [2.05, 4.69) is 0 Å². The fourth-order valence-corrected chi connectivity index (χ4v) is 4.49. The van der Waals surface area contributed by atoms with Crippen molar-refractivity contribution in [2.45, 2.75) is 43.4 Å². The molecule has 0 bridgehead atoms. The first-order chi connectivity index (χ1) is 9.97. The lowest BCUT2D eigenvalue weighted by atomic mass is 9.92. The van der Waals surface area contributed by atoms with Gasteiger partial charge in [-0.2, -0.15) is 0 Å². The van der Waals surface area contributed by atoms with Gasteiger partial charge in [0.2, 0.25) is 10.0 Å². The SMILES string of the molecule is CN(CC1(CO)CC1)S(=O)(=O)c1ccc2c(c1)CCCC2. The third kappa shape index (κ3) is 2.87. The van der Waals surface area contributed by atoms with E-state index in [9.17, 15) is 13.5 Å². The Morgan fingerprint density at radius 2 is 1.86 bits per heavy atom. The smallest absolute Gasteiger partial charge is 0.242 e. The average Bonchev–Trinajstić information content (AvgIpc) is 3.27. The number of benzene rings is 1. The lowest BCUT2D eigenvalue weighted by Crippen LogP contribution is -2.34. The minimum Gasteiger partial charge on any atom is -0.396 e. The molecule has 4 nitrogen and oxygen atoms in total. The van der Waals surface area contributed by atoms with Gasteiger partial charge in [-0.15, -0.1) is 0 Å². The summed E-state index contributed by atoms with van der Waals surface area (Å²) in [5, 5.41) is 9.38. The maximum Gasteiger partial charge on any atom is 0.242 e. The number of fused-ring (bicyclic) bond motifs is 1. The Kier molecular flexibility index (Phi) is 3.84. The van der Waals surface area contributed by atoms with E-state index in [0.717, 1.165) is 32.1 Å². The molecule has 5 heteroatoms. The minimum absolute atomic E-state index is 0.0665. The summed E-state index contributed by atoms with van der Waals surface area (Å²) in [6.45, 7) is 0.472. The van der Waals surface area contributed by atoms with Crippen LogP contribution < -0.4 is 0 Å². The van der Waals surface area contributed by atoms with Crippen molar-refractivity contribution in [3.63, 3.8) is 0 Å². The van der Waals surface area contributed by atoms with Crippen LogP contribution >= 0.6 is 0 Å². The Balaban J connectivity index is 1.84. The second kappa shape index (κ2) is 5.38. The van der Waals surface area contributed by atoms with Crippen LogP contribution in [-0.4, -0.2) is 38.0 Å². The first-order valence-corrected chi connectivity index (χ1v) is 9.10. The van der Waals surface area contributed by atoms with E-state index in [-0.39, 0.29) is 12.0 Å². The molecular weight excluding hydrogens is 286 g/mol. The molecule has 0 saturated heterocycles. The van der Waals surface area contributed by atoms with Gasteiger partial charge in [-0.1, -0.05) is 6.07 Å². The van der Waals surface area contributed by atoms with Gasteiger partial charge in [0, 0.05) is 25.6 Å². The third-order valence-corrected chi connectivity index (χ3v) is 6.68. The van der Waals surface area contributed by atoms with Crippen molar-refractivity contribution >= 4 is 10.0 Å². The average molecular weight is 309 g/mol. The molecular formula is C16H23NO3S. The standard InChI is InChI=1S/C16H23NO3S/c1-17(11-16(12-18)8-9-16)21(19,20)15-7-6-13-4-2-3-5-14(13)10-15/h6-7,10,18H,2-5,8-9,11-12H2,1H3. The van der Waals surface area contributed by atoms with Gasteiger partial charge in [0.05, 0.1) is 4.90 Å². The molecule has 0 radical (unpaired) electrons. The van der Waals surface area contributed by atoms with Gasteiger partial charge in [0.25, 0.3) is 0 Å². The Hall–Kier alpha value is -0.910. The molecule has 1 fully saturated rings. The number of aliphatic hydroxyl groups excluding tert-OH is 1. The molecule has 0 atom stereocenters. The van der Waals surface area contributed by atoms with Crippen LogP contribution in [0.5, 0.6) is 0 Å². The van der Waals surface area contributed by atoms with E-state index in [1.54, 1.807) is 13.1 Å². The normalized spacial score (nSPS) is 20.3. The second-order valence-corrected chi connectivity index (χ2v) is 8.60. The summed E-state index contributed by atoms with van der Waals surface area (Å²) >= 11 is 0. The third-order valence-electron chi connectivity index (χ3n) is 4.88. The van der Waals surface area contributed by atoms with Crippen LogP contribution in [-0.2, 0) is 22.9 Å². The number of nitrogens with zero attached hydrogens (tertiary/aromatic N) is 1. The monoisotopic (exact) mass is 309 g/mol. The summed E-state index contributed by atoms with van der Waals surface area (Å²) in [6.07, 6.45) is 6.18. The lowest BCUT2D eigenvalue weighted by molar-refractivity contribution is 0.192. The van der Waals surface area contributed by atoms with E-state index in [1.165, 1.54) is 21.9 Å². The summed E-state index contributed by atoms with van der Waals surface area (Å²) in [5.41, 5.74) is 2.27. The zero-order valence-corrected chi connectivity index (χ0v) is 13.3. The molecule has 2 aliphatic carbocycles. The largest absolute Gasteiger partial charge is 0.396 e. The van der Waals surface area contributed by atoms with Crippen LogP contribution in [0.1, 0.15) is 36.8 Å². The quantitative estimate of drug-likeness (QED) is 0.904. The summed E-state index contributed by atoms with van der Waals surface area (Å²) < 4.78 is 26.8. The van der Waals surface area contributed by atoms with Gasteiger partial charge in [-0.05, 0) is 61.8 Å². The second-order valence-electron chi connectivity index (χ2n) is 6.56. The zero-order valence-electron chi connectivity index (χ0n) is 12.5. The van der Waals surface area contributed by atoms with Crippen LogP contribution in [0.15, 0.2) is 23.1 Å². The van der Waals surface area contributed by atoms with Gasteiger partial charge < -0.3 is 5.11 Å². The van der Waals surface area contributed by atoms with Crippen molar-refractivity contribution in [3.8, 4) is 0 Å². The molecule has 0 unspecified atom stereocenters. The first kappa shape index (κ1) is 15.0. The molecule has 1 aromatic carbocycles. The van der Waals surface area contributed by atoms with E-state index in [1.807, 2.05) is 12.1 Å². The highest BCUT2D eigenvalue weighted by Gasteiger charge is 2.44. The molecule has 0 amide bonds. The molecule has 3 rings (SSSR count). The molecule has 1 aromatic rings. The van der Waals surface area contributed by atoms with Crippen molar-refractivity contribution in [2.24, 2.45) is 5.41 Å². The molecule has 1 saturated carbocycles. The fraction of sp³-hybridized carbons (Fsp3) is 0.625. The Morgan fingerprint density at radius 1 is 1.19 bits per heavy atom. The lowest BCUT2D eigenvalue weighted by Gasteiger charge is -2.23. The predicted molar refractivity (Wildman–Crippen MR) is 81.7 cm³/mol. The summed E-state index contributed by atoms with van der Waals surface area (Å²) in [5.74, 6) is 0. The van der Waals surface area contributed by atoms with Crippen LogP contribution in [0.3, 0.4) is 0 Å². The van der Waals surface area contributed by atoms with Gasteiger partial charge in [0.15, 0.2) is 0 Å². The van der Waals surface area contributed by atoms with Gasteiger partial charge >= 0.3 is 0 Å². The summed E-state index contributed by atoms with van der Waals surface area (Å²) in [7, 11) is -1.84. The summed E-state index contributed by atoms with van der Waals surface area (Å²) in [4.78, 5) is 0.388. The van der Waals surface area contributed by atoms with Crippen molar-refractivity contribution in [2.75, 3.05) is 20.2 Å². The maximum atomic E-state index is 12.7. The highest BCUT2D eigenvalue weighted by atomic mass is 32.2. The van der Waals surface area contributed by atoms with Crippen molar-refractivity contribution in [3.05, 3.63) is 29.3 Å². The number of hydrogen-bond acceptors (Lipinski definition) is 3. The van der Waals surface area contributed by atoms with E-state index in [0.29, 0.717) is 11.4 Å². The number of rotatable bonds is 5. The van der Waals surface area contributed by atoms with Gasteiger partial charge in [-0.25, -0.2) is 12.7 Å².